The molecule has 0 atom stereocenters. The Morgan fingerprint density at radius 2 is 0.760 bits per heavy atom. The highest BCUT2D eigenvalue weighted by Gasteiger charge is 1.94. The van der Waals surface area contributed by atoms with Gasteiger partial charge >= 0.3 is 0 Å². The molecular formula is C23H50O2. The molecule has 25 heavy (non-hydrogen) atoms. The van der Waals surface area contributed by atoms with Crippen LogP contribution in [0, 0.1) is 0 Å². The van der Waals surface area contributed by atoms with Crippen molar-refractivity contribution in [1.29, 1.82) is 0 Å². The number of unbranched alkanes of at least 4 members (excludes halogenated alkanes) is 15. The van der Waals surface area contributed by atoms with Gasteiger partial charge in [-0.15, -0.1) is 0 Å². The Hall–Kier alpha value is -0.0800. The van der Waals surface area contributed by atoms with Crippen molar-refractivity contribution in [2.45, 2.75) is 142 Å². The fourth-order valence-corrected chi connectivity index (χ4v) is 2.95. The first-order chi connectivity index (χ1) is 12.2. The number of hydrogen-bond donors (Lipinski definition) is 2. The smallest absolute Gasteiger partial charge is 0.0535 e. The van der Waals surface area contributed by atoms with Crippen molar-refractivity contribution in [1.82, 2.24) is 0 Å². The third-order valence-corrected chi connectivity index (χ3v) is 4.95. The van der Waals surface area contributed by atoms with Crippen LogP contribution in [-0.2, 0) is 0 Å². The van der Waals surface area contributed by atoms with Crippen LogP contribution in [0.5, 0.6) is 0 Å². The van der Waals surface area contributed by atoms with E-state index in [4.69, 9.17) is 10.2 Å². The number of aliphatic hydroxyl groups is 2. The van der Waals surface area contributed by atoms with Crippen LogP contribution in [0.2, 0.25) is 0 Å². The highest BCUT2D eigenvalue weighted by Crippen LogP contribution is 2.13. The molecule has 0 heterocycles. The minimum atomic E-state index is -0.0648. The molecule has 0 aliphatic carbocycles. The molecule has 0 aromatic rings. The Balaban J connectivity index is 0. The molecule has 0 unspecified atom stereocenters. The van der Waals surface area contributed by atoms with Gasteiger partial charge in [0.15, 0.2) is 0 Å². The van der Waals surface area contributed by atoms with Gasteiger partial charge < -0.3 is 10.2 Å². The monoisotopic (exact) mass is 358 g/mol. The van der Waals surface area contributed by atoms with E-state index in [1.807, 2.05) is 13.8 Å². The fraction of sp³-hybridized carbons (Fsp3) is 1.00. The molecule has 0 aliphatic rings. The van der Waals surface area contributed by atoms with Gasteiger partial charge in [0.2, 0.25) is 0 Å². The van der Waals surface area contributed by atoms with Crippen molar-refractivity contribution >= 4 is 0 Å². The first-order valence-electron chi connectivity index (χ1n) is 11.5. The van der Waals surface area contributed by atoms with Crippen molar-refractivity contribution in [2.75, 3.05) is 6.61 Å². The number of hydrogen-bond acceptors (Lipinski definition) is 2. The van der Waals surface area contributed by atoms with Crippen molar-refractivity contribution < 1.29 is 10.2 Å². The van der Waals surface area contributed by atoms with E-state index in [-0.39, 0.29) is 6.10 Å². The fourth-order valence-electron chi connectivity index (χ4n) is 2.95. The predicted octanol–water partition coefficient (Wildman–Crippen LogP) is 7.41. The lowest BCUT2D eigenvalue weighted by atomic mass is 10.0. The SMILES string of the molecule is CCC(O)CC.CCCCCCCCCCCCCCCCCCO. The molecule has 154 valence electrons. The van der Waals surface area contributed by atoms with E-state index in [9.17, 15) is 0 Å². The second-order valence-electron chi connectivity index (χ2n) is 7.50. The zero-order valence-electron chi connectivity index (χ0n) is 17.9. The third-order valence-electron chi connectivity index (χ3n) is 4.95. The summed E-state index contributed by atoms with van der Waals surface area (Å²) >= 11 is 0. The summed E-state index contributed by atoms with van der Waals surface area (Å²) in [6, 6.07) is 0. The van der Waals surface area contributed by atoms with Crippen molar-refractivity contribution in [3.8, 4) is 0 Å². The Bertz CT molecular complexity index is 186. The molecule has 0 radical (unpaired) electrons. The average molecular weight is 359 g/mol. The van der Waals surface area contributed by atoms with Crippen LogP contribution in [0.15, 0.2) is 0 Å². The molecule has 0 aromatic carbocycles. The molecule has 0 saturated heterocycles. The molecular weight excluding hydrogens is 308 g/mol. The summed E-state index contributed by atoms with van der Waals surface area (Å²) in [5.74, 6) is 0. The third kappa shape index (κ3) is 29.0. The maximum atomic E-state index is 8.67. The van der Waals surface area contributed by atoms with Gasteiger partial charge in [-0.2, -0.15) is 0 Å². The molecule has 0 amide bonds. The van der Waals surface area contributed by atoms with Crippen LogP contribution in [0.4, 0.5) is 0 Å². The first-order valence-corrected chi connectivity index (χ1v) is 11.5. The van der Waals surface area contributed by atoms with Crippen LogP contribution < -0.4 is 0 Å². The van der Waals surface area contributed by atoms with Crippen LogP contribution in [0.1, 0.15) is 136 Å². The van der Waals surface area contributed by atoms with Crippen molar-refractivity contribution in [3.63, 3.8) is 0 Å². The van der Waals surface area contributed by atoms with E-state index < -0.39 is 0 Å². The maximum absolute atomic E-state index is 8.67. The van der Waals surface area contributed by atoms with Gasteiger partial charge in [-0.25, -0.2) is 0 Å². The second kappa shape index (κ2) is 26.2. The Morgan fingerprint density at radius 1 is 0.480 bits per heavy atom. The van der Waals surface area contributed by atoms with E-state index >= 15 is 0 Å². The standard InChI is InChI=1S/C18H38O.C5H12O/c1-2-3-4-5-6-7-8-9-10-11-12-13-14-15-16-17-18-19;1-3-5(6)4-2/h19H,2-18H2,1H3;5-6H,3-4H2,1-2H3. The van der Waals surface area contributed by atoms with E-state index in [2.05, 4.69) is 6.92 Å². The highest BCUT2D eigenvalue weighted by molar-refractivity contribution is 4.49. The van der Waals surface area contributed by atoms with Gasteiger partial charge in [0.05, 0.1) is 6.10 Å². The molecule has 2 heteroatoms. The van der Waals surface area contributed by atoms with Gasteiger partial charge in [-0.1, -0.05) is 117 Å². The van der Waals surface area contributed by atoms with Crippen molar-refractivity contribution in [3.05, 3.63) is 0 Å². The average Bonchev–Trinajstić information content (AvgIpc) is 2.64. The van der Waals surface area contributed by atoms with Gasteiger partial charge in [0.25, 0.3) is 0 Å². The van der Waals surface area contributed by atoms with E-state index in [1.165, 1.54) is 96.3 Å². The van der Waals surface area contributed by atoms with E-state index in [1.54, 1.807) is 0 Å². The largest absolute Gasteiger partial charge is 0.396 e. The minimum absolute atomic E-state index is 0.0648. The highest BCUT2D eigenvalue weighted by atomic mass is 16.3. The van der Waals surface area contributed by atoms with Crippen LogP contribution >= 0.6 is 0 Å². The van der Waals surface area contributed by atoms with Crippen LogP contribution in [-0.4, -0.2) is 22.9 Å². The lowest BCUT2D eigenvalue weighted by molar-refractivity contribution is 0.166. The van der Waals surface area contributed by atoms with E-state index in [0.717, 1.165) is 19.3 Å². The Kier molecular flexibility index (Phi) is 28.4. The summed E-state index contributed by atoms with van der Waals surface area (Å²) in [6.45, 7) is 6.62. The van der Waals surface area contributed by atoms with Gasteiger partial charge in [-0.3, -0.25) is 0 Å². The lowest BCUT2D eigenvalue weighted by Crippen LogP contribution is -1.99. The summed E-state index contributed by atoms with van der Waals surface area (Å²) in [7, 11) is 0. The summed E-state index contributed by atoms with van der Waals surface area (Å²) in [5, 5.41) is 17.3. The molecule has 0 bridgehead atoms. The number of rotatable bonds is 18. The van der Waals surface area contributed by atoms with Gasteiger partial charge in [0.1, 0.15) is 0 Å². The zero-order chi connectivity index (χ0) is 19.0. The topological polar surface area (TPSA) is 40.5 Å². The summed E-state index contributed by atoms with van der Waals surface area (Å²) in [4.78, 5) is 0. The molecule has 0 aliphatic heterocycles. The molecule has 0 spiro atoms. The normalized spacial score (nSPS) is 10.8. The molecule has 0 aromatic heterocycles. The van der Waals surface area contributed by atoms with E-state index in [0.29, 0.717) is 6.61 Å². The first kappa shape index (κ1) is 27.1. The Labute approximate surface area is 159 Å². The van der Waals surface area contributed by atoms with Crippen molar-refractivity contribution in [2.24, 2.45) is 0 Å². The second-order valence-corrected chi connectivity index (χ2v) is 7.50. The maximum Gasteiger partial charge on any atom is 0.0535 e. The predicted molar refractivity (Wildman–Crippen MR) is 113 cm³/mol. The minimum Gasteiger partial charge on any atom is -0.396 e. The number of aliphatic hydroxyl groups excluding tert-OH is 2. The van der Waals surface area contributed by atoms with Gasteiger partial charge in [0, 0.05) is 6.61 Å². The van der Waals surface area contributed by atoms with Gasteiger partial charge in [-0.05, 0) is 19.3 Å². The summed E-state index contributed by atoms with van der Waals surface area (Å²) in [5.41, 5.74) is 0. The zero-order valence-corrected chi connectivity index (χ0v) is 17.9. The van der Waals surface area contributed by atoms with Crippen LogP contribution in [0.25, 0.3) is 0 Å². The summed E-state index contributed by atoms with van der Waals surface area (Å²) in [6.07, 6.45) is 23.9. The molecule has 2 nitrogen and oxygen atoms in total. The Morgan fingerprint density at radius 3 is 0.960 bits per heavy atom. The lowest BCUT2D eigenvalue weighted by Gasteiger charge is -2.03. The summed E-state index contributed by atoms with van der Waals surface area (Å²) < 4.78 is 0. The van der Waals surface area contributed by atoms with Crippen LogP contribution in [0.3, 0.4) is 0 Å². The molecule has 0 saturated carbocycles. The molecule has 0 rings (SSSR count). The quantitative estimate of drug-likeness (QED) is 0.250. The molecule has 0 fully saturated rings. The molecule has 2 N–H and O–H groups in total.